The molecule has 2 aliphatic heterocycles. The lowest BCUT2D eigenvalue weighted by molar-refractivity contribution is -0.143. The Kier molecular flexibility index (Phi) is 7.01. The molecular weight excluding hydrogens is 476 g/mol. The second kappa shape index (κ2) is 9.69. The van der Waals surface area contributed by atoms with Crippen LogP contribution in [0.4, 0.5) is 31.1 Å². The van der Waals surface area contributed by atoms with E-state index >= 15 is 0 Å². The summed E-state index contributed by atoms with van der Waals surface area (Å²) in [6, 6.07) is 10.8. The second-order valence-corrected chi connectivity index (χ2v) is 8.86. The molecule has 4 rings (SSSR count). The smallest absolute Gasteiger partial charge is 0.376 e. The molecule has 2 amide bonds. The highest BCUT2D eigenvalue weighted by Gasteiger charge is 2.40. The number of rotatable bonds is 6. The van der Waals surface area contributed by atoms with Gasteiger partial charge in [0.1, 0.15) is 0 Å². The van der Waals surface area contributed by atoms with Gasteiger partial charge < -0.3 is 10.1 Å². The fraction of sp³-hybridized carbons (Fsp3) is 0.458. The molecule has 2 aliphatic rings. The van der Waals surface area contributed by atoms with Crippen molar-refractivity contribution in [3.05, 3.63) is 70.8 Å². The second-order valence-electron chi connectivity index (χ2n) is 8.86. The predicted molar refractivity (Wildman–Crippen MR) is 115 cm³/mol. The van der Waals surface area contributed by atoms with Crippen molar-refractivity contribution >= 4 is 6.03 Å². The van der Waals surface area contributed by atoms with Crippen molar-refractivity contribution in [1.82, 2.24) is 15.3 Å². The molecule has 0 unspecified atom stereocenters. The number of nitrogens with one attached hydrogen (secondary N) is 1. The van der Waals surface area contributed by atoms with Crippen molar-refractivity contribution < 1.29 is 35.9 Å². The van der Waals surface area contributed by atoms with E-state index < -0.39 is 28.9 Å². The summed E-state index contributed by atoms with van der Waals surface area (Å²) in [4.78, 5) is 12.0. The van der Waals surface area contributed by atoms with Crippen LogP contribution >= 0.6 is 0 Å². The zero-order valence-corrected chi connectivity index (χ0v) is 18.8. The summed E-state index contributed by atoms with van der Waals surface area (Å²) in [7, 11) is 0. The van der Waals surface area contributed by atoms with Gasteiger partial charge in [0.15, 0.2) is 0 Å². The van der Waals surface area contributed by atoms with Gasteiger partial charge >= 0.3 is 18.4 Å². The van der Waals surface area contributed by atoms with E-state index in [1.807, 2.05) is 35.3 Å². The first-order valence-corrected chi connectivity index (χ1v) is 11.2. The van der Waals surface area contributed by atoms with Crippen LogP contribution < -0.4 is 5.32 Å². The number of hydrogen-bond acceptors (Lipinski definition) is 3. The highest BCUT2D eigenvalue weighted by molar-refractivity contribution is 5.75. The molecule has 2 aromatic rings. The molecule has 0 aliphatic carbocycles. The van der Waals surface area contributed by atoms with Crippen molar-refractivity contribution in [2.24, 2.45) is 0 Å². The third kappa shape index (κ3) is 5.72. The Morgan fingerprint density at radius 2 is 1.49 bits per heavy atom. The fourth-order valence-corrected chi connectivity index (χ4v) is 4.67. The summed E-state index contributed by atoms with van der Waals surface area (Å²) in [5.41, 5.74) is -2.42. The van der Waals surface area contributed by atoms with Gasteiger partial charge in [0.2, 0.25) is 0 Å². The van der Waals surface area contributed by atoms with E-state index in [2.05, 4.69) is 5.32 Å². The number of hydrogen-bond donors (Lipinski definition) is 1. The molecule has 0 radical (unpaired) electrons. The van der Waals surface area contributed by atoms with Gasteiger partial charge in [-0.15, -0.1) is 0 Å². The molecule has 5 nitrogen and oxygen atoms in total. The lowest BCUT2D eigenvalue weighted by Crippen LogP contribution is -2.53. The number of amides is 2. The van der Waals surface area contributed by atoms with Gasteiger partial charge in [0.05, 0.1) is 30.9 Å². The molecule has 2 saturated heterocycles. The molecule has 1 N–H and O–H groups in total. The van der Waals surface area contributed by atoms with Crippen LogP contribution in [0.2, 0.25) is 0 Å². The van der Waals surface area contributed by atoms with Crippen LogP contribution in [-0.2, 0) is 29.1 Å². The molecule has 0 bridgehead atoms. The first-order chi connectivity index (χ1) is 16.5. The number of urea groups is 1. The zero-order valence-electron chi connectivity index (χ0n) is 18.8. The van der Waals surface area contributed by atoms with Crippen LogP contribution in [0.3, 0.4) is 0 Å². The largest absolute Gasteiger partial charge is 0.416 e. The third-order valence-electron chi connectivity index (χ3n) is 6.55. The molecule has 0 atom stereocenters. The van der Waals surface area contributed by atoms with Crippen molar-refractivity contribution in [3.8, 4) is 0 Å². The number of alkyl halides is 6. The summed E-state index contributed by atoms with van der Waals surface area (Å²) in [5.74, 6) is 0. The number of piperidine rings is 1. The number of carbonyl (C=O) groups is 1. The topological polar surface area (TPSA) is 44.8 Å². The van der Waals surface area contributed by atoms with Gasteiger partial charge in [0.25, 0.3) is 0 Å². The quantitative estimate of drug-likeness (QED) is 0.553. The number of benzene rings is 2. The summed E-state index contributed by atoms with van der Waals surface area (Å²) < 4.78 is 84.9. The number of nitrogens with zero attached hydrogens (tertiary/aromatic N) is 2. The van der Waals surface area contributed by atoms with Gasteiger partial charge in [0, 0.05) is 25.0 Å². The van der Waals surface area contributed by atoms with Gasteiger partial charge in [-0.1, -0.05) is 30.3 Å². The molecule has 190 valence electrons. The number of carbonyl (C=O) groups excluding carboxylic acids is 1. The van der Waals surface area contributed by atoms with Crippen LogP contribution in [0.25, 0.3) is 0 Å². The Morgan fingerprint density at radius 1 is 0.886 bits per heavy atom. The van der Waals surface area contributed by atoms with Crippen LogP contribution in [-0.4, -0.2) is 48.8 Å². The van der Waals surface area contributed by atoms with Crippen LogP contribution in [0.1, 0.15) is 35.1 Å². The van der Waals surface area contributed by atoms with Crippen LogP contribution in [0.15, 0.2) is 48.5 Å². The Bertz CT molecular complexity index is 1000. The van der Waals surface area contributed by atoms with Crippen LogP contribution in [0.5, 0.6) is 0 Å². The van der Waals surface area contributed by atoms with E-state index in [-0.39, 0.29) is 30.9 Å². The molecule has 2 fully saturated rings. The Morgan fingerprint density at radius 3 is 2.00 bits per heavy atom. The lowest BCUT2D eigenvalue weighted by atomic mass is 9.73. The molecule has 0 spiro atoms. The summed E-state index contributed by atoms with van der Waals surface area (Å²) in [6.07, 6.45) is -8.60. The van der Waals surface area contributed by atoms with Crippen molar-refractivity contribution in [2.45, 2.75) is 37.2 Å². The van der Waals surface area contributed by atoms with E-state index in [1.54, 1.807) is 5.01 Å². The predicted octanol–water partition coefficient (Wildman–Crippen LogP) is 5.21. The number of halogens is 6. The van der Waals surface area contributed by atoms with E-state index in [0.717, 1.165) is 5.56 Å². The lowest BCUT2D eigenvalue weighted by Gasteiger charge is -2.44. The monoisotopic (exact) mass is 501 g/mol. The highest BCUT2D eigenvalue weighted by atomic mass is 19.4. The minimum atomic E-state index is -4.91. The van der Waals surface area contributed by atoms with E-state index in [4.69, 9.17) is 4.74 Å². The summed E-state index contributed by atoms with van der Waals surface area (Å²) in [5, 5.41) is 6.39. The van der Waals surface area contributed by atoms with E-state index in [0.29, 0.717) is 51.2 Å². The number of ether oxygens (including phenoxy) is 1. The minimum absolute atomic E-state index is 0.110. The molecule has 35 heavy (non-hydrogen) atoms. The maximum Gasteiger partial charge on any atom is 0.416 e. The Balaban J connectivity index is 1.50. The normalized spacial score (nSPS) is 19.1. The average molecular weight is 501 g/mol. The molecule has 11 heteroatoms. The molecule has 0 aromatic heterocycles. The zero-order chi connectivity index (χ0) is 25.3. The maximum atomic E-state index is 13.2. The molecule has 2 heterocycles. The minimum Gasteiger partial charge on any atom is -0.376 e. The van der Waals surface area contributed by atoms with E-state index in [1.165, 1.54) is 0 Å². The first-order valence-electron chi connectivity index (χ1n) is 11.2. The molecule has 0 saturated carbocycles. The van der Waals surface area contributed by atoms with Crippen molar-refractivity contribution in [1.29, 1.82) is 0 Å². The molecular formula is C24H25F6N3O2. The standard InChI is InChI=1S/C24H25F6N3O2/c25-23(26,27)19-12-17(13-20(14-19)24(28,29)30)15-35-16-22(18-4-2-1-3-5-18)6-9-32(10-7-22)33-11-8-31-21(33)34/h1-5,12-14H,6-11,15-16H2,(H,31,34). The van der Waals surface area contributed by atoms with E-state index in [9.17, 15) is 31.1 Å². The average Bonchev–Trinajstić information content (AvgIpc) is 3.24. The third-order valence-corrected chi connectivity index (χ3v) is 6.55. The SMILES string of the molecule is O=C1NCCN1N1CCC(COCc2cc(C(F)(F)F)cc(C(F)(F)F)c2)(c2ccccc2)CC1. The highest BCUT2D eigenvalue weighted by Crippen LogP contribution is 2.38. The van der Waals surface area contributed by atoms with Gasteiger partial charge in [-0.2, -0.15) is 26.3 Å². The Hall–Kier alpha value is -2.79. The summed E-state index contributed by atoms with van der Waals surface area (Å²) >= 11 is 0. The summed E-state index contributed by atoms with van der Waals surface area (Å²) in [6.45, 7) is 2.00. The van der Waals surface area contributed by atoms with Crippen LogP contribution in [0, 0.1) is 0 Å². The van der Waals surface area contributed by atoms with Gasteiger partial charge in [-0.05, 0) is 42.2 Å². The maximum absolute atomic E-state index is 13.2. The molecule has 2 aromatic carbocycles. The van der Waals surface area contributed by atoms with Crippen molar-refractivity contribution in [3.63, 3.8) is 0 Å². The first kappa shape index (κ1) is 25.3. The fourth-order valence-electron chi connectivity index (χ4n) is 4.67. The number of hydrazine groups is 1. The van der Waals surface area contributed by atoms with Gasteiger partial charge in [-0.25, -0.2) is 9.80 Å². The van der Waals surface area contributed by atoms with Crippen molar-refractivity contribution in [2.75, 3.05) is 32.8 Å². The Labute approximate surface area is 198 Å². The van der Waals surface area contributed by atoms with Gasteiger partial charge in [-0.3, -0.25) is 5.01 Å².